The quantitative estimate of drug-likeness (QED) is 0.355. The number of rotatable bonds is 5. The van der Waals surface area contributed by atoms with Crippen LogP contribution < -0.4 is 9.64 Å². The maximum absolute atomic E-state index is 13.1. The molecule has 31 heavy (non-hydrogen) atoms. The van der Waals surface area contributed by atoms with Crippen LogP contribution in [0, 0.1) is 13.8 Å². The summed E-state index contributed by atoms with van der Waals surface area (Å²) in [7, 11) is 0. The van der Waals surface area contributed by atoms with Gasteiger partial charge in [-0.1, -0.05) is 42.5 Å². The summed E-state index contributed by atoms with van der Waals surface area (Å²) in [6.07, 6.45) is 0. The van der Waals surface area contributed by atoms with Gasteiger partial charge in [0.1, 0.15) is 11.5 Å². The number of aromatic nitrogens is 1. The van der Waals surface area contributed by atoms with E-state index in [1.54, 1.807) is 48.5 Å². The van der Waals surface area contributed by atoms with Gasteiger partial charge < -0.3 is 9.84 Å². The number of Topliss-reactive ketones (excluding diaryl/α,β-unsaturated/α-hetero) is 1. The largest absolute Gasteiger partial charge is 0.507 e. The predicted octanol–water partition coefficient (Wildman–Crippen LogP) is 4.78. The van der Waals surface area contributed by atoms with Gasteiger partial charge in [0.05, 0.1) is 23.9 Å². The molecule has 4 rings (SSSR count). The first-order valence-electron chi connectivity index (χ1n) is 9.95. The molecule has 2 aromatic carbocycles. The molecule has 0 unspecified atom stereocenters. The van der Waals surface area contributed by atoms with Gasteiger partial charge in [0.25, 0.3) is 5.78 Å². The fourth-order valence-electron chi connectivity index (χ4n) is 3.57. The van der Waals surface area contributed by atoms with Gasteiger partial charge >= 0.3 is 5.91 Å². The van der Waals surface area contributed by atoms with E-state index in [2.05, 4.69) is 4.98 Å². The summed E-state index contributed by atoms with van der Waals surface area (Å²) < 4.78 is 5.52. The van der Waals surface area contributed by atoms with Crippen molar-refractivity contribution in [3.63, 3.8) is 0 Å². The van der Waals surface area contributed by atoms with Crippen LogP contribution in [-0.4, -0.2) is 28.4 Å². The molecule has 6 nitrogen and oxygen atoms in total. The Balaban J connectivity index is 1.91. The summed E-state index contributed by atoms with van der Waals surface area (Å²) in [5.41, 5.74) is 2.01. The number of amides is 1. The van der Waals surface area contributed by atoms with Crippen LogP contribution in [0.1, 0.15) is 34.7 Å². The minimum Gasteiger partial charge on any atom is -0.507 e. The third-order valence-electron chi connectivity index (χ3n) is 5.22. The van der Waals surface area contributed by atoms with Crippen molar-refractivity contribution in [1.29, 1.82) is 0 Å². The average molecular weight is 435 g/mol. The summed E-state index contributed by atoms with van der Waals surface area (Å²) in [6, 6.07) is 15.2. The molecular formula is C24H22N2O4S. The van der Waals surface area contributed by atoms with Crippen LogP contribution >= 0.6 is 11.3 Å². The molecule has 0 spiro atoms. The second kappa shape index (κ2) is 8.35. The Kier molecular flexibility index (Phi) is 5.61. The number of thiazole rings is 1. The first kappa shape index (κ1) is 20.8. The number of ketones is 1. The molecule has 1 aromatic heterocycles. The van der Waals surface area contributed by atoms with Crippen molar-refractivity contribution in [2.24, 2.45) is 0 Å². The normalized spacial score (nSPS) is 17.9. The molecule has 1 saturated heterocycles. The molecule has 1 fully saturated rings. The van der Waals surface area contributed by atoms with Crippen LogP contribution in [0.25, 0.3) is 5.76 Å². The number of hydrogen-bond acceptors (Lipinski definition) is 6. The lowest BCUT2D eigenvalue weighted by atomic mass is 9.95. The Morgan fingerprint density at radius 1 is 1.10 bits per heavy atom. The number of anilines is 1. The second-order valence-corrected chi connectivity index (χ2v) is 8.36. The Labute approximate surface area is 184 Å². The highest BCUT2D eigenvalue weighted by molar-refractivity contribution is 7.16. The van der Waals surface area contributed by atoms with Crippen LogP contribution in [0.5, 0.6) is 5.75 Å². The van der Waals surface area contributed by atoms with Gasteiger partial charge in [-0.3, -0.25) is 14.5 Å². The van der Waals surface area contributed by atoms with E-state index < -0.39 is 17.7 Å². The lowest BCUT2D eigenvalue weighted by molar-refractivity contribution is -0.132. The number of aryl methyl sites for hydroxylation is 2. The molecule has 1 aliphatic heterocycles. The van der Waals surface area contributed by atoms with E-state index in [9.17, 15) is 14.7 Å². The monoisotopic (exact) mass is 434 g/mol. The second-order valence-electron chi connectivity index (χ2n) is 7.18. The average Bonchev–Trinajstić information content (AvgIpc) is 3.24. The molecular weight excluding hydrogens is 412 g/mol. The summed E-state index contributed by atoms with van der Waals surface area (Å²) in [6.45, 7) is 6.21. The van der Waals surface area contributed by atoms with Crippen molar-refractivity contribution >= 4 is 33.9 Å². The molecule has 0 aliphatic carbocycles. The molecule has 7 heteroatoms. The third kappa shape index (κ3) is 3.72. The number of ether oxygens (including phenoxy) is 1. The fourth-order valence-corrected chi connectivity index (χ4v) is 4.51. The molecule has 1 N–H and O–H groups in total. The first-order chi connectivity index (χ1) is 14.9. The number of nitrogens with zero attached hydrogens (tertiary/aromatic N) is 2. The highest BCUT2D eigenvalue weighted by atomic mass is 32.1. The van der Waals surface area contributed by atoms with E-state index in [1.807, 2.05) is 26.8 Å². The number of carbonyl (C=O) groups is 2. The zero-order valence-corrected chi connectivity index (χ0v) is 18.3. The summed E-state index contributed by atoms with van der Waals surface area (Å²) in [4.78, 5) is 33.0. The van der Waals surface area contributed by atoms with Gasteiger partial charge in [0.2, 0.25) is 0 Å². The number of carbonyl (C=O) groups excluding carboxylic acids is 2. The summed E-state index contributed by atoms with van der Waals surface area (Å²) in [5.74, 6) is -0.951. The number of aliphatic hydroxyl groups is 1. The van der Waals surface area contributed by atoms with Gasteiger partial charge in [-0.2, -0.15) is 0 Å². The maximum atomic E-state index is 13.1. The summed E-state index contributed by atoms with van der Waals surface area (Å²) in [5, 5.41) is 11.5. The first-order valence-corrected chi connectivity index (χ1v) is 10.8. The van der Waals surface area contributed by atoms with Crippen molar-refractivity contribution in [1.82, 2.24) is 4.98 Å². The Hall–Kier alpha value is -3.45. The van der Waals surface area contributed by atoms with Gasteiger partial charge in [0, 0.05) is 10.4 Å². The highest BCUT2D eigenvalue weighted by Gasteiger charge is 2.48. The smallest absolute Gasteiger partial charge is 0.301 e. The van der Waals surface area contributed by atoms with Crippen molar-refractivity contribution in [3.05, 3.63) is 81.9 Å². The molecule has 1 amide bonds. The van der Waals surface area contributed by atoms with Gasteiger partial charge in [0.15, 0.2) is 5.13 Å². The van der Waals surface area contributed by atoms with E-state index in [1.165, 1.54) is 16.2 Å². The van der Waals surface area contributed by atoms with Gasteiger partial charge in [-0.05, 0) is 38.5 Å². The Morgan fingerprint density at radius 3 is 2.35 bits per heavy atom. The van der Waals surface area contributed by atoms with E-state index in [4.69, 9.17) is 4.74 Å². The van der Waals surface area contributed by atoms with Crippen LogP contribution in [0.2, 0.25) is 0 Å². The van der Waals surface area contributed by atoms with Gasteiger partial charge in [-0.15, -0.1) is 11.3 Å². The van der Waals surface area contributed by atoms with Gasteiger partial charge in [-0.25, -0.2) is 4.98 Å². The van der Waals surface area contributed by atoms with Crippen molar-refractivity contribution in [2.45, 2.75) is 26.8 Å². The van der Waals surface area contributed by atoms with Crippen molar-refractivity contribution < 1.29 is 19.4 Å². The molecule has 1 aliphatic rings. The van der Waals surface area contributed by atoms with Crippen LogP contribution in [0.4, 0.5) is 5.13 Å². The fraction of sp³-hybridized carbons (Fsp3) is 0.208. The zero-order valence-electron chi connectivity index (χ0n) is 17.5. The molecule has 3 aromatic rings. The third-order valence-corrected chi connectivity index (χ3v) is 6.29. The van der Waals surface area contributed by atoms with E-state index in [0.717, 1.165) is 10.6 Å². The Bertz CT molecular complexity index is 1150. The lowest BCUT2D eigenvalue weighted by Crippen LogP contribution is -2.29. The minimum atomic E-state index is -0.791. The molecule has 158 valence electrons. The summed E-state index contributed by atoms with van der Waals surface area (Å²) >= 11 is 1.35. The lowest BCUT2D eigenvalue weighted by Gasteiger charge is -2.23. The van der Waals surface area contributed by atoms with E-state index >= 15 is 0 Å². The molecule has 1 atom stereocenters. The highest BCUT2D eigenvalue weighted by Crippen LogP contribution is 2.43. The predicted molar refractivity (Wildman–Crippen MR) is 120 cm³/mol. The molecule has 0 saturated carbocycles. The molecule has 2 heterocycles. The van der Waals surface area contributed by atoms with Crippen molar-refractivity contribution in [2.75, 3.05) is 11.5 Å². The van der Waals surface area contributed by atoms with Crippen LogP contribution in [-0.2, 0) is 9.59 Å². The van der Waals surface area contributed by atoms with Crippen LogP contribution in [0.3, 0.4) is 0 Å². The topological polar surface area (TPSA) is 79.7 Å². The number of aliphatic hydroxyl groups excluding tert-OH is 1. The zero-order chi connectivity index (χ0) is 22.1. The number of hydrogen-bond donors (Lipinski definition) is 1. The van der Waals surface area contributed by atoms with Crippen LogP contribution in [0.15, 0.2) is 60.2 Å². The van der Waals surface area contributed by atoms with E-state index in [-0.39, 0.29) is 11.3 Å². The SMILES string of the molecule is CCOc1ccc([C@@H]2/C(=C(\O)c3ccccc3)C(=O)C(=O)N2c2nc(C)c(C)s2)cc1. The van der Waals surface area contributed by atoms with Crippen molar-refractivity contribution in [3.8, 4) is 5.75 Å². The number of benzene rings is 2. The molecule has 0 bridgehead atoms. The molecule has 0 radical (unpaired) electrons. The van der Waals surface area contributed by atoms with E-state index in [0.29, 0.717) is 28.6 Å². The maximum Gasteiger partial charge on any atom is 0.301 e. The minimum absolute atomic E-state index is 0.0471. The standard InChI is InChI=1S/C24H22N2O4S/c1-4-30-18-12-10-16(11-13-18)20-19(21(27)17-8-6-5-7-9-17)22(28)23(29)26(20)24-25-14(2)15(3)31-24/h5-13,20,27H,4H2,1-3H3/b21-19+/t20-/m1/s1. The Morgan fingerprint density at radius 2 is 1.77 bits per heavy atom.